The summed E-state index contributed by atoms with van der Waals surface area (Å²) in [5, 5.41) is 8.20. The molecule has 0 aliphatic rings. The zero-order valence-electron chi connectivity index (χ0n) is 5.16. The molecule has 0 rings (SSSR count). The van der Waals surface area contributed by atoms with E-state index in [9.17, 15) is 4.79 Å². The van der Waals surface area contributed by atoms with Crippen LogP contribution in [0.25, 0.3) is 0 Å². The van der Waals surface area contributed by atoms with E-state index < -0.39 is 5.97 Å². The van der Waals surface area contributed by atoms with E-state index in [0.29, 0.717) is 0 Å². The molecule has 0 saturated carbocycles. The van der Waals surface area contributed by atoms with Crippen LogP contribution >= 0.6 is 0 Å². The molecule has 0 fully saturated rings. The van der Waals surface area contributed by atoms with Gasteiger partial charge in [0.25, 0.3) is 0 Å². The van der Waals surface area contributed by atoms with Crippen LogP contribution in [-0.4, -0.2) is 17.0 Å². The van der Waals surface area contributed by atoms with E-state index in [-0.39, 0.29) is 11.7 Å². The second kappa shape index (κ2) is 3.46. The van der Waals surface area contributed by atoms with Crippen molar-refractivity contribution in [2.24, 2.45) is 16.6 Å². The topological polar surface area (TPSA) is 114 Å². The van der Waals surface area contributed by atoms with Gasteiger partial charge in [0.05, 0.1) is 0 Å². The summed E-state index contributed by atoms with van der Waals surface area (Å²) in [7, 11) is 0. The summed E-state index contributed by atoms with van der Waals surface area (Å²) < 4.78 is 0. The number of carboxylic acids is 1. The SMILES string of the molecule is C=C(N=C(N)NN)C(=O)O. The van der Waals surface area contributed by atoms with Crippen molar-refractivity contribution in [1.29, 1.82) is 0 Å². The Morgan fingerprint density at radius 2 is 2.20 bits per heavy atom. The molecule has 56 valence electrons. The van der Waals surface area contributed by atoms with Gasteiger partial charge in [0.2, 0.25) is 5.96 Å². The number of nitrogens with zero attached hydrogens (tertiary/aromatic N) is 1. The van der Waals surface area contributed by atoms with Crippen LogP contribution in [0, 0.1) is 0 Å². The second-order valence-electron chi connectivity index (χ2n) is 1.39. The van der Waals surface area contributed by atoms with E-state index in [2.05, 4.69) is 11.6 Å². The van der Waals surface area contributed by atoms with Crippen LogP contribution in [-0.2, 0) is 4.79 Å². The summed E-state index contributed by atoms with van der Waals surface area (Å²) in [6.45, 7) is 3.08. The fraction of sp³-hybridized carbons (Fsp3) is 0. The summed E-state index contributed by atoms with van der Waals surface area (Å²) >= 11 is 0. The minimum Gasteiger partial charge on any atom is -0.477 e. The largest absolute Gasteiger partial charge is 0.477 e. The minimum atomic E-state index is -1.24. The first kappa shape index (κ1) is 8.44. The van der Waals surface area contributed by atoms with Crippen LogP contribution in [0.3, 0.4) is 0 Å². The Bertz CT molecular complexity index is 186. The van der Waals surface area contributed by atoms with E-state index in [1.54, 1.807) is 0 Å². The Balaban J connectivity index is 4.13. The molecule has 0 unspecified atom stereocenters. The maximum Gasteiger partial charge on any atom is 0.354 e. The molecule has 0 aromatic rings. The number of nitrogens with two attached hydrogens (primary N) is 2. The van der Waals surface area contributed by atoms with Crippen LogP contribution in [0.4, 0.5) is 0 Å². The molecule has 0 aliphatic carbocycles. The summed E-state index contributed by atoms with van der Waals surface area (Å²) in [5.41, 5.74) is 6.59. The quantitative estimate of drug-likeness (QED) is 0.122. The summed E-state index contributed by atoms with van der Waals surface area (Å²) in [4.78, 5) is 13.3. The van der Waals surface area contributed by atoms with E-state index >= 15 is 0 Å². The van der Waals surface area contributed by atoms with Gasteiger partial charge >= 0.3 is 5.97 Å². The van der Waals surface area contributed by atoms with Crippen molar-refractivity contribution in [1.82, 2.24) is 5.43 Å². The third kappa shape index (κ3) is 2.68. The Morgan fingerprint density at radius 1 is 1.70 bits per heavy atom. The maximum atomic E-state index is 10.0. The van der Waals surface area contributed by atoms with Crippen molar-refractivity contribution < 1.29 is 9.90 Å². The number of nitrogens with one attached hydrogen (secondary N) is 1. The lowest BCUT2D eigenvalue weighted by atomic mass is 10.5. The molecular formula is C4H8N4O2. The molecule has 0 amide bonds. The van der Waals surface area contributed by atoms with E-state index in [1.807, 2.05) is 5.43 Å². The molecule has 0 aromatic carbocycles. The highest BCUT2D eigenvalue weighted by Gasteiger charge is 2.00. The van der Waals surface area contributed by atoms with Crippen LogP contribution < -0.4 is 17.0 Å². The number of carbonyl (C=O) groups is 1. The van der Waals surface area contributed by atoms with Gasteiger partial charge in [-0.15, -0.1) is 0 Å². The minimum absolute atomic E-state index is 0.188. The highest BCUT2D eigenvalue weighted by atomic mass is 16.4. The first-order valence-corrected chi connectivity index (χ1v) is 2.31. The molecular weight excluding hydrogens is 136 g/mol. The lowest BCUT2D eigenvalue weighted by Crippen LogP contribution is -2.37. The maximum absolute atomic E-state index is 10.0. The third-order valence-electron chi connectivity index (χ3n) is 0.650. The van der Waals surface area contributed by atoms with Gasteiger partial charge < -0.3 is 10.8 Å². The zero-order valence-corrected chi connectivity index (χ0v) is 5.16. The van der Waals surface area contributed by atoms with Gasteiger partial charge in [-0.3, -0.25) is 5.43 Å². The molecule has 10 heavy (non-hydrogen) atoms. The van der Waals surface area contributed by atoms with Gasteiger partial charge in [-0.05, 0) is 0 Å². The predicted octanol–water partition coefficient (Wildman–Crippen LogP) is -1.64. The molecule has 0 radical (unpaired) electrons. The molecule has 0 bridgehead atoms. The number of hydrogen-bond donors (Lipinski definition) is 4. The first-order chi connectivity index (χ1) is 4.57. The fourth-order valence-corrected chi connectivity index (χ4v) is 0.225. The molecule has 6 nitrogen and oxygen atoms in total. The summed E-state index contributed by atoms with van der Waals surface area (Å²) in [6, 6.07) is 0. The highest BCUT2D eigenvalue weighted by Crippen LogP contribution is 1.89. The van der Waals surface area contributed by atoms with E-state index in [1.165, 1.54) is 0 Å². The molecule has 6 heteroatoms. The Morgan fingerprint density at radius 3 is 2.50 bits per heavy atom. The standard InChI is InChI=1S/C4H8N4O2/c1-2(3(9)10)7-4(5)8-6/h1,6H2,(H,9,10)(H3,5,7,8). The summed E-state index contributed by atoms with van der Waals surface area (Å²) in [6.07, 6.45) is 0. The lowest BCUT2D eigenvalue weighted by Gasteiger charge is -1.95. The number of guanidine groups is 1. The molecule has 0 spiro atoms. The van der Waals surface area contributed by atoms with Crippen molar-refractivity contribution in [2.45, 2.75) is 0 Å². The second-order valence-corrected chi connectivity index (χ2v) is 1.39. The van der Waals surface area contributed by atoms with Crippen molar-refractivity contribution >= 4 is 11.9 Å². The van der Waals surface area contributed by atoms with Gasteiger partial charge in [0.15, 0.2) is 0 Å². The van der Waals surface area contributed by atoms with Crippen molar-refractivity contribution in [3.05, 3.63) is 12.3 Å². The first-order valence-electron chi connectivity index (χ1n) is 2.31. The molecule has 0 atom stereocenters. The number of carboxylic acid groups (broad SMARTS) is 1. The zero-order chi connectivity index (χ0) is 8.15. The van der Waals surface area contributed by atoms with Gasteiger partial charge in [-0.25, -0.2) is 15.6 Å². The van der Waals surface area contributed by atoms with Gasteiger partial charge in [-0.1, -0.05) is 6.58 Å². The number of aliphatic carboxylic acids is 1. The fourth-order valence-electron chi connectivity index (χ4n) is 0.225. The number of aliphatic imine (C=N–C) groups is 1. The third-order valence-corrected chi connectivity index (χ3v) is 0.650. The molecule has 0 saturated heterocycles. The van der Waals surface area contributed by atoms with Crippen LogP contribution in [0.5, 0.6) is 0 Å². The highest BCUT2D eigenvalue weighted by molar-refractivity contribution is 5.90. The molecule has 0 heterocycles. The van der Waals surface area contributed by atoms with E-state index in [4.69, 9.17) is 16.7 Å². The Hall–Kier alpha value is -1.56. The Kier molecular flexibility index (Phi) is 2.92. The average molecular weight is 144 g/mol. The van der Waals surface area contributed by atoms with Crippen LogP contribution in [0.15, 0.2) is 17.3 Å². The summed E-state index contributed by atoms with van der Waals surface area (Å²) in [5.74, 6) is 3.36. The number of rotatable bonds is 2. The monoisotopic (exact) mass is 144 g/mol. The van der Waals surface area contributed by atoms with Gasteiger partial charge in [0, 0.05) is 0 Å². The molecule has 0 aromatic heterocycles. The average Bonchev–Trinajstić information content (AvgIpc) is 1.87. The Labute approximate surface area is 57.2 Å². The predicted molar refractivity (Wildman–Crippen MR) is 35.7 cm³/mol. The normalized spacial score (nSPS) is 10.7. The van der Waals surface area contributed by atoms with E-state index in [0.717, 1.165) is 0 Å². The van der Waals surface area contributed by atoms with Crippen LogP contribution in [0.1, 0.15) is 0 Å². The van der Waals surface area contributed by atoms with Crippen LogP contribution in [0.2, 0.25) is 0 Å². The lowest BCUT2D eigenvalue weighted by molar-refractivity contribution is -0.132. The van der Waals surface area contributed by atoms with Gasteiger partial charge in [-0.2, -0.15) is 0 Å². The molecule has 6 N–H and O–H groups in total. The van der Waals surface area contributed by atoms with Crippen molar-refractivity contribution in [3.63, 3.8) is 0 Å². The molecule has 0 aliphatic heterocycles. The van der Waals surface area contributed by atoms with Crippen molar-refractivity contribution in [2.75, 3.05) is 0 Å². The number of hydrazine groups is 1. The van der Waals surface area contributed by atoms with Gasteiger partial charge in [0.1, 0.15) is 5.70 Å². The van der Waals surface area contributed by atoms with Crippen molar-refractivity contribution in [3.8, 4) is 0 Å². The number of hydrogen-bond acceptors (Lipinski definition) is 3. The smallest absolute Gasteiger partial charge is 0.354 e.